The highest BCUT2D eigenvalue weighted by Gasteiger charge is 2.41. The average molecular weight is 309 g/mol. The van der Waals surface area contributed by atoms with Crippen molar-refractivity contribution in [2.24, 2.45) is 17.8 Å². The summed E-state index contributed by atoms with van der Waals surface area (Å²) in [5, 5.41) is 15.0. The van der Waals surface area contributed by atoms with Crippen LogP contribution in [-0.4, -0.2) is 11.0 Å². The Morgan fingerprint density at radius 1 is 1.43 bits per heavy atom. The molecule has 2 saturated carbocycles. The maximum absolute atomic E-state index is 11.1. The third-order valence-corrected chi connectivity index (χ3v) is 5.53. The van der Waals surface area contributed by atoms with Crippen molar-refractivity contribution in [2.75, 3.05) is 0 Å². The highest BCUT2D eigenvalue weighted by Crippen LogP contribution is 2.49. The number of benzene rings is 1. The van der Waals surface area contributed by atoms with Gasteiger partial charge in [0.25, 0.3) is 5.69 Å². The van der Waals surface area contributed by atoms with Crippen LogP contribution in [0.25, 0.3) is 0 Å². The molecule has 2 aliphatic rings. The smallest absolute Gasteiger partial charge is 0.275 e. The molecule has 0 saturated heterocycles. The van der Waals surface area contributed by atoms with E-state index in [4.69, 9.17) is 11.6 Å². The molecule has 1 aromatic carbocycles. The van der Waals surface area contributed by atoms with Crippen LogP contribution in [0.3, 0.4) is 0 Å². The van der Waals surface area contributed by atoms with Crippen molar-refractivity contribution in [3.05, 3.63) is 38.9 Å². The van der Waals surface area contributed by atoms with Gasteiger partial charge in [-0.15, -0.1) is 0 Å². The molecule has 0 radical (unpaired) electrons. The van der Waals surface area contributed by atoms with E-state index in [1.54, 1.807) is 12.1 Å². The molecular weight excluding hydrogens is 288 g/mol. The van der Waals surface area contributed by atoms with E-state index < -0.39 is 0 Å². The van der Waals surface area contributed by atoms with E-state index in [0.29, 0.717) is 23.2 Å². The van der Waals surface area contributed by atoms with Gasteiger partial charge in [0.1, 0.15) is 0 Å². The monoisotopic (exact) mass is 308 g/mol. The molecule has 0 spiro atoms. The van der Waals surface area contributed by atoms with Crippen LogP contribution in [-0.2, 0) is 6.54 Å². The highest BCUT2D eigenvalue weighted by atomic mass is 35.5. The van der Waals surface area contributed by atoms with Crippen molar-refractivity contribution in [1.82, 2.24) is 5.32 Å². The van der Waals surface area contributed by atoms with E-state index in [0.717, 1.165) is 17.8 Å². The van der Waals surface area contributed by atoms with Gasteiger partial charge in [0.05, 0.1) is 4.92 Å². The summed E-state index contributed by atoms with van der Waals surface area (Å²) in [7, 11) is 0. The average Bonchev–Trinajstić information content (AvgIpc) is 3.08. The lowest BCUT2D eigenvalue weighted by Crippen LogP contribution is -2.36. The molecule has 0 aliphatic heterocycles. The van der Waals surface area contributed by atoms with E-state index in [2.05, 4.69) is 12.2 Å². The van der Waals surface area contributed by atoms with E-state index in [9.17, 15) is 10.1 Å². The van der Waals surface area contributed by atoms with E-state index in [1.807, 2.05) is 0 Å². The Morgan fingerprint density at radius 2 is 2.24 bits per heavy atom. The van der Waals surface area contributed by atoms with Crippen molar-refractivity contribution in [3.63, 3.8) is 0 Å². The number of nitrogens with zero attached hydrogens (tertiary/aromatic N) is 1. The first-order valence-electron chi connectivity index (χ1n) is 7.71. The van der Waals surface area contributed by atoms with Gasteiger partial charge in [0.15, 0.2) is 0 Å². The standard InChI is InChI=1S/C16H21ClN2O2/c1-10(15-7-11-2-3-12(15)6-11)18-9-13-4-5-14(17)8-16(13)19(20)21/h4-5,8,10-12,15,18H,2-3,6-7,9H2,1H3. The van der Waals surface area contributed by atoms with Crippen molar-refractivity contribution in [3.8, 4) is 0 Å². The molecule has 4 atom stereocenters. The Labute approximate surface area is 130 Å². The minimum atomic E-state index is -0.356. The predicted octanol–water partition coefficient (Wildman–Crippen LogP) is 4.16. The quantitative estimate of drug-likeness (QED) is 0.656. The maximum atomic E-state index is 11.1. The number of rotatable bonds is 5. The fourth-order valence-electron chi connectivity index (χ4n) is 4.19. The third-order valence-electron chi connectivity index (χ3n) is 5.29. The summed E-state index contributed by atoms with van der Waals surface area (Å²) in [4.78, 5) is 10.7. The summed E-state index contributed by atoms with van der Waals surface area (Å²) >= 11 is 5.85. The van der Waals surface area contributed by atoms with Crippen LogP contribution in [0, 0.1) is 27.9 Å². The number of nitro groups is 1. The summed E-state index contributed by atoms with van der Waals surface area (Å²) in [6, 6.07) is 5.31. The molecule has 4 unspecified atom stereocenters. The Balaban J connectivity index is 1.63. The normalized spacial score (nSPS) is 28.8. The second-order valence-electron chi connectivity index (χ2n) is 6.54. The van der Waals surface area contributed by atoms with Crippen LogP contribution in [0.5, 0.6) is 0 Å². The zero-order valence-corrected chi connectivity index (χ0v) is 13.0. The van der Waals surface area contributed by atoms with Crippen LogP contribution < -0.4 is 5.32 Å². The van der Waals surface area contributed by atoms with Gasteiger partial charge >= 0.3 is 0 Å². The van der Waals surface area contributed by atoms with E-state index in [-0.39, 0.29) is 10.6 Å². The molecule has 1 aromatic rings. The van der Waals surface area contributed by atoms with Crippen LogP contribution in [0.2, 0.25) is 5.02 Å². The van der Waals surface area contributed by atoms with Crippen LogP contribution >= 0.6 is 11.6 Å². The SMILES string of the molecule is CC(NCc1ccc(Cl)cc1[N+](=O)[O-])C1CC2CCC1C2. The number of hydrogen-bond acceptors (Lipinski definition) is 3. The topological polar surface area (TPSA) is 55.2 Å². The summed E-state index contributed by atoms with van der Waals surface area (Å²) in [6.07, 6.45) is 5.47. The van der Waals surface area contributed by atoms with Crippen LogP contribution in [0.15, 0.2) is 18.2 Å². The fourth-order valence-corrected chi connectivity index (χ4v) is 4.35. The molecule has 0 amide bonds. The second kappa shape index (κ2) is 5.93. The highest BCUT2D eigenvalue weighted by molar-refractivity contribution is 6.30. The van der Waals surface area contributed by atoms with Crippen LogP contribution in [0.4, 0.5) is 5.69 Å². The lowest BCUT2D eigenvalue weighted by molar-refractivity contribution is -0.385. The molecule has 0 aromatic heterocycles. The van der Waals surface area contributed by atoms with Crippen LogP contribution in [0.1, 0.15) is 38.2 Å². The van der Waals surface area contributed by atoms with Gasteiger partial charge in [-0.05, 0) is 56.1 Å². The molecular formula is C16H21ClN2O2. The van der Waals surface area contributed by atoms with Crippen molar-refractivity contribution in [2.45, 2.75) is 45.2 Å². The first-order valence-corrected chi connectivity index (χ1v) is 8.08. The van der Waals surface area contributed by atoms with Gasteiger partial charge in [0.2, 0.25) is 0 Å². The molecule has 21 heavy (non-hydrogen) atoms. The zero-order chi connectivity index (χ0) is 15.0. The Hall–Kier alpha value is -1.13. The number of nitrogens with one attached hydrogen (secondary N) is 1. The van der Waals surface area contributed by atoms with Crippen molar-refractivity contribution >= 4 is 17.3 Å². The van der Waals surface area contributed by atoms with Gasteiger partial charge in [0, 0.05) is 29.2 Å². The van der Waals surface area contributed by atoms with E-state index >= 15 is 0 Å². The Kier molecular flexibility index (Phi) is 4.18. The third kappa shape index (κ3) is 3.06. The molecule has 0 heterocycles. The zero-order valence-electron chi connectivity index (χ0n) is 12.2. The predicted molar refractivity (Wildman–Crippen MR) is 83.3 cm³/mol. The molecule has 3 rings (SSSR count). The second-order valence-corrected chi connectivity index (χ2v) is 6.97. The van der Waals surface area contributed by atoms with Gasteiger partial charge in [-0.3, -0.25) is 10.1 Å². The Morgan fingerprint density at radius 3 is 2.86 bits per heavy atom. The maximum Gasteiger partial charge on any atom is 0.275 e. The van der Waals surface area contributed by atoms with Crippen molar-refractivity contribution in [1.29, 1.82) is 0 Å². The number of halogens is 1. The number of nitro benzene ring substituents is 1. The number of hydrogen-bond donors (Lipinski definition) is 1. The van der Waals surface area contributed by atoms with Gasteiger partial charge in [-0.1, -0.05) is 18.0 Å². The summed E-state index contributed by atoms with van der Waals surface area (Å²) in [5.41, 5.74) is 0.814. The molecule has 2 fully saturated rings. The largest absolute Gasteiger partial charge is 0.310 e. The van der Waals surface area contributed by atoms with Gasteiger partial charge in [-0.25, -0.2) is 0 Å². The van der Waals surface area contributed by atoms with E-state index in [1.165, 1.54) is 31.7 Å². The minimum Gasteiger partial charge on any atom is -0.310 e. The van der Waals surface area contributed by atoms with Crippen molar-refractivity contribution < 1.29 is 4.92 Å². The first kappa shape index (κ1) is 14.8. The fraction of sp³-hybridized carbons (Fsp3) is 0.625. The molecule has 114 valence electrons. The van der Waals surface area contributed by atoms with Gasteiger partial charge < -0.3 is 5.32 Å². The minimum absolute atomic E-state index is 0.107. The molecule has 2 aliphatic carbocycles. The molecule has 5 heteroatoms. The van der Waals surface area contributed by atoms with Gasteiger partial charge in [-0.2, -0.15) is 0 Å². The summed E-state index contributed by atoms with van der Waals surface area (Å²) < 4.78 is 0. The summed E-state index contributed by atoms with van der Waals surface area (Å²) in [6.45, 7) is 2.75. The lowest BCUT2D eigenvalue weighted by Gasteiger charge is -2.28. The molecule has 1 N–H and O–H groups in total. The number of fused-ring (bicyclic) bond motifs is 2. The first-order chi connectivity index (χ1) is 10.0. The Bertz CT molecular complexity index is 549. The molecule has 4 nitrogen and oxygen atoms in total. The molecule has 2 bridgehead atoms. The lowest BCUT2D eigenvalue weighted by atomic mass is 9.84. The summed E-state index contributed by atoms with van der Waals surface area (Å²) in [5.74, 6) is 2.52.